The number of rotatable bonds is 3. The van der Waals surface area contributed by atoms with E-state index in [1.165, 1.54) is 43.2 Å². The quantitative estimate of drug-likeness (QED) is 0.797. The minimum absolute atomic E-state index is 0.292. The maximum Gasteiger partial charge on any atom is 0.0323 e. The second-order valence-electron chi connectivity index (χ2n) is 5.16. The van der Waals surface area contributed by atoms with Gasteiger partial charge in [0.2, 0.25) is 0 Å². The summed E-state index contributed by atoms with van der Waals surface area (Å²) in [6.07, 6.45) is 6.83. The van der Waals surface area contributed by atoms with Gasteiger partial charge in [-0.3, -0.25) is 0 Å². The molecule has 2 N–H and O–H groups in total. The van der Waals surface area contributed by atoms with Crippen molar-refractivity contribution in [2.75, 3.05) is 0 Å². The van der Waals surface area contributed by atoms with Crippen LogP contribution in [0.3, 0.4) is 0 Å². The van der Waals surface area contributed by atoms with Crippen LogP contribution in [0.1, 0.15) is 55.2 Å². The fraction of sp³-hybridized carbons (Fsp3) is 0.571. The molecule has 0 aliphatic heterocycles. The van der Waals surface area contributed by atoms with E-state index in [1.807, 2.05) is 0 Å². The molecule has 0 spiro atoms. The lowest BCUT2D eigenvalue weighted by molar-refractivity contribution is 0.419. The molecule has 1 unspecified atom stereocenters. The molecule has 0 aromatic heterocycles. The van der Waals surface area contributed by atoms with Crippen molar-refractivity contribution < 1.29 is 0 Å². The van der Waals surface area contributed by atoms with Crippen LogP contribution in [-0.2, 0) is 0 Å². The standard InChI is InChI=1S/C14H19N/c15-14(13-8-9-13)12-6-4-11(5-7-12)10-2-1-3-10/h4-7,10,13-14H,1-3,8-9,15H2. The third kappa shape index (κ3) is 1.81. The molecule has 1 heteroatoms. The van der Waals surface area contributed by atoms with E-state index < -0.39 is 0 Å². The van der Waals surface area contributed by atoms with Gasteiger partial charge in [0.1, 0.15) is 0 Å². The average Bonchev–Trinajstić information content (AvgIpc) is 2.98. The van der Waals surface area contributed by atoms with Gasteiger partial charge in [0.15, 0.2) is 0 Å². The molecule has 0 bridgehead atoms. The van der Waals surface area contributed by atoms with Gasteiger partial charge in [0.05, 0.1) is 0 Å². The van der Waals surface area contributed by atoms with Crippen molar-refractivity contribution in [2.24, 2.45) is 11.7 Å². The van der Waals surface area contributed by atoms with Gasteiger partial charge in [0, 0.05) is 6.04 Å². The zero-order valence-electron chi connectivity index (χ0n) is 9.15. The Morgan fingerprint density at radius 1 is 1.00 bits per heavy atom. The van der Waals surface area contributed by atoms with E-state index >= 15 is 0 Å². The predicted octanol–water partition coefficient (Wildman–Crippen LogP) is 3.36. The van der Waals surface area contributed by atoms with E-state index in [4.69, 9.17) is 5.73 Å². The SMILES string of the molecule is NC(c1ccc(C2CCC2)cc1)C1CC1. The Morgan fingerprint density at radius 3 is 2.13 bits per heavy atom. The van der Waals surface area contributed by atoms with Gasteiger partial charge < -0.3 is 5.73 Å². The van der Waals surface area contributed by atoms with E-state index in [2.05, 4.69) is 24.3 Å². The number of hydrogen-bond acceptors (Lipinski definition) is 1. The highest BCUT2D eigenvalue weighted by Gasteiger charge is 2.29. The molecule has 1 atom stereocenters. The summed E-state index contributed by atoms with van der Waals surface area (Å²) in [5, 5.41) is 0. The molecular formula is C14H19N. The van der Waals surface area contributed by atoms with Crippen LogP contribution in [0, 0.1) is 5.92 Å². The molecule has 0 radical (unpaired) electrons. The highest BCUT2D eigenvalue weighted by molar-refractivity contribution is 5.29. The molecule has 1 nitrogen and oxygen atoms in total. The van der Waals surface area contributed by atoms with E-state index in [-0.39, 0.29) is 0 Å². The van der Waals surface area contributed by atoms with Gasteiger partial charge >= 0.3 is 0 Å². The van der Waals surface area contributed by atoms with Crippen LogP contribution < -0.4 is 5.73 Å². The third-order valence-corrected chi connectivity index (χ3v) is 4.03. The van der Waals surface area contributed by atoms with Gasteiger partial charge in [-0.05, 0) is 48.6 Å². The summed E-state index contributed by atoms with van der Waals surface area (Å²) in [6.45, 7) is 0. The van der Waals surface area contributed by atoms with Gasteiger partial charge in [-0.1, -0.05) is 30.7 Å². The molecule has 2 fully saturated rings. The zero-order valence-corrected chi connectivity index (χ0v) is 9.15. The fourth-order valence-electron chi connectivity index (χ4n) is 2.46. The fourth-order valence-corrected chi connectivity index (χ4v) is 2.46. The number of benzene rings is 1. The molecule has 1 aromatic carbocycles. The lowest BCUT2D eigenvalue weighted by Gasteiger charge is -2.26. The summed E-state index contributed by atoms with van der Waals surface area (Å²) in [5.74, 6) is 1.61. The summed E-state index contributed by atoms with van der Waals surface area (Å²) in [7, 11) is 0. The average molecular weight is 201 g/mol. The van der Waals surface area contributed by atoms with Gasteiger partial charge in [-0.2, -0.15) is 0 Å². The largest absolute Gasteiger partial charge is 0.324 e. The first-order valence-electron chi connectivity index (χ1n) is 6.20. The summed E-state index contributed by atoms with van der Waals surface area (Å²) < 4.78 is 0. The second kappa shape index (κ2) is 3.64. The molecule has 0 heterocycles. The first-order chi connectivity index (χ1) is 7.34. The van der Waals surface area contributed by atoms with Gasteiger partial charge in [0.25, 0.3) is 0 Å². The van der Waals surface area contributed by atoms with Crippen LogP contribution in [0.4, 0.5) is 0 Å². The van der Waals surface area contributed by atoms with Crippen molar-refractivity contribution in [3.8, 4) is 0 Å². The minimum atomic E-state index is 0.292. The highest BCUT2D eigenvalue weighted by atomic mass is 14.7. The second-order valence-corrected chi connectivity index (χ2v) is 5.16. The van der Waals surface area contributed by atoms with Crippen molar-refractivity contribution >= 4 is 0 Å². The molecule has 3 rings (SSSR count). The highest BCUT2D eigenvalue weighted by Crippen LogP contribution is 2.40. The maximum absolute atomic E-state index is 6.17. The molecular weight excluding hydrogens is 182 g/mol. The van der Waals surface area contributed by atoms with Crippen molar-refractivity contribution in [2.45, 2.75) is 44.1 Å². The van der Waals surface area contributed by atoms with E-state index in [9.17, 15) is 0 Å². The smallest absolute Gasteiger partial charge is 0.0323 e. The number of nitrogens with two attached hydrogens (primary N) is 1. The van der Waals surface area contributed by atoms with E-state index in [1.54, 1.807) is 0 Å². The van der Waals surface area contributed by atoms with Crippen LogP contribution in [0.15, 0.2) is 24.3 Å². The summed E-state index contributed by atoms with van der Waals surface area (Å²) >= 11 is 0. The summed E-state index contributed by atoms with van der Waals surface area (Å²) in [6, 6.07) is 9.37. The molecule has 0 amide bonds. The maximum atomic E-state index is 6.17. The van der Waals surface area contributed by atoms with Crippen molar-refractivity contribution in [3.05, 3.63) is 35.4 Å². The normalized spacial score (nSPS) is 23.5. The van der Waals surface area contributed by atoms with E-state index in [0.29, 0.717) is 6.04 Å². The third-order valence-electron chi connectivity index (χ3n) is 4.03. The van der Waals surface area contributed by atoms with Crippen molar-refractivity contribution in [1.29, 1.82) is 0 Å². The molecule has 0 saturated heterocycles. The van der Waals surface area contributed by atoms with Crippen LogP contribution in [0.2, 0.25) is 0 Å². The molecule has 2 saturated carbocycles. The van der Waals surface area contributed by atoms with Crippen LogP contribution >= 0.6 is 0 Å². The van der Waals surface area contributed by atoms with Gasteiger partial charge in [-0.25, -0.2) is 0 Å². The van der Waals surface area contributed by atoms with Crippen LogP contribution in [0.5, 0.6) is 0 Å². The monoisotopic (exact) mass is 201 g/mol. The van der Waals surface area contributed by atoms with Crippen LogP contribution in [-0.4, -0.2) is 0 Å². The lowest BCUT2D eigenvalue weighted by Crippen LogP contribution is -2.13. The first-order valence-corrected chi connectivity index (χ1v) is 6.20. The Morgan fingerprint density at radius 2 is 1.67 bits per heavy atom. The first kappa shape index (κ1) is 9.41. The summed E-state index contributed by atoms with van der Waals surface area (Å²) in [4.78, 5) is 0. The Balaban J connectivity index is 1.74. The Hall–Kier alpha value is -0.820. The number of hydrogen-bond donors (Lipinski definition) is 1. The molecule has 2 aliphatic rings. The Bertz CT molecular complexity index is 333. The molecule has 15 heavy (non-hydrogen) atoms. The van der Waals surface area contributed by atoms with Crippen LogP contribution in [0.25, 0.3) is 0 Å². The lowest BCUT2D eigenvalue weighted by atomic mass is 9.80. The minimum Gasteiger partial charge on any atom is -0.324 e. The van der Waals surface area contributed by atoms with Crippen molar-refractivity contribution in [1.82, 2.24) is 0 Å². The topological polar surface area (TPSA) is 26.0 Å². The predicted molar refractivity (Wildman–Crippen MR) is 62.7 cm³/mol. The molecule has 2 aliphatic carbocycles. The zero-order chi connectivity index (χ0) is 10.3. The van der Waals surface area contributed by atoms with Crippen molar-refractivity contribution in [3.63, 3.8) is 0 Å². The Kier molecular flexibility index (Phi) is 2.28. The summed E-state index contributed by atoms with van der Waals surface area (Å²) in [5.41, 5.74) is 9.03. The van der Waals surface area contributed by atoms with E-state index in [0.717, 1.165) is 11.8 Å². The van der Waals surface area contributed by atoms with Gasteiger partial charge in [-0.15, -0.1) is 0 Å². The molecule has 1 aromatic rings. The Labute approximate surface area is 91.7 Å². The molecule has 80 valence electrons.